The van der Waals surface area contributed by atoms with Crippen LogP contribution in [0.4, 0.5) is 0 Å². The van der Waals surface area contributed by atoms with E-state index in [1.165, 1.54) is 19.3 Å². The Morgan fingerprint density at radius 3 is 2.17 bits per heavy atom. The number of piperidine rings is 1. The van der Waals surface area contributed by atoms with Crippen LogP contribution in [0.25, 0.3) is 0 Å². The molecule has 2 heterocycles. The van der Waals surface area contributed by atoms with Crippen LogP contribution in [0.1, 0.15) is 60.3 Å². The van der Waals surface area contributed by atoms with E-state index in [0.29, 0.717) is 6.54 Å². The van der Waals surface area contributed by atoms with E-state index in [2.05, 4.69) is 29.2 Å². The Hall–Kier alpha value is -1.76. The standard InChI is InChI=1S/C24H32N2O3/c25-15-18-4-10-21(11-5-18)24-28-22(16-26-12-2-1-3-13-26)14-23(29-24)20-8-6-19(17-27)7-9-20/h4-11,22-24,27H,1-3,12-17,25H2. The average Bonchev–Trinajstić information content (AvgIpc) is 2.79. The third-order valence-corrected chi connectivity index (χ3v) is 6.01. The Labute approximate surface area is 173 Å². The lowest BCUT2D eigenvalue weighted by Crippen LogP contribution is -2.41. The molecule has 2 aliphatic rings. The molecule has 5 heteroatoms. The molecule has 0 saturated carbocycles. The SMILES string of the molecule is NCc1ccc(C2OC(CN3CCCCC3)CC(c3ccc(CO)cc3)O2)cc1. The zero-order chi connectivity index (χ0) is 20.1. The monoisotopic (exact) mass is 396 g/mol. The fraction of sp³-hybridized carbons (Fsp3) is 0.500. The van der Waals surface area contributed by atoms with Gasteiger partial charge < -0.3 is 25.2 Å². The highest BCUT2D eigenvalue weighted by Gasteiger charge is 2.33. The molecular weight excluding hydrogens is 364 g/mol. The number of aliphatic hydroxyl groups is 1. The summed E-state index contributed by atoms with van der Waals surface area (Å²) < 4.78 is 12.8. The number of nitrogens with two attached hydrogens (primary N) is 1. The molecule has 3 atom stereocenters. The molecule has 0 spiro atoms. The number of aliphatic hydroxyl groups excluding tert-OH is 1. The van der Waals surface area contributed by atoms with Gasteiger partial charge in [0.15, 0.2) is 6.29 Å². The summed E-state index contributed by atoms with van der Waals surface area (Å²) in [6.45, 7) is 3.86. The summed E-state index contributed by atoms with van der Waals surface area (Å²) in [6, 6.07) is 16.3. The Bertz CT molecular complexity index is 701. The average molecular weight is 397 g/mol. The minimum Gasteiger partial charge on any atom is -0.392 e. The van der Waals surface area contributed by atoms with E-state index in [-0.39, 0.29) is 25.1 Å². The van der Waals surface area contributed by atoms with E-state index >= 15 is 0 Å². The predicted molar refractivity (Wildman–Crippen MR) is 113 cm³/mol. The van der Waals surface area contributed by atoms with Gasteiger partial charge in [0, 0.05) is 25.1 Å². The molecule has 2 aromatic carbocycles. The van der Waals surface area contributed by atoms with Crippen molar-refractivity contribution in [2.45, 2.75) is 57.3 Å². The second kappa shape index (κ2) is 9.83. The molecule has 3 N–H and O–H groups in total. The van der Waals surface area contributed by atoms with Crippen LogP contribution in [0.2, 0.25) is 0 Å². The van der Waals surface area contributed by atoms with Gasteiger partial charge in [0.2, 0.25) is 0 Å². The largest absolute Gasteiger partial charge is 0.392 e. The van der Waals surface area contributed by atoms with Gasteiger partial charge in [0.1, 0.15) is 0 Å². The van der Waals surface area contributed by atoms with Gasteiger partial charge >= 0.3 is 0 Å². The third kappa shape index (κ3) is 5.24. The molecule has 0 amide bonds. The number of likely N-dealkylation sites (tertiary alicyclic amines) is 1. The second-order valence-electron chi connectivity index (χ2n) is 8.16. The third-order valence-electron chi connectivity index (χ3n) is 6.01. The van der Waals surface area contributed by atoms with Crippen LogP contribution in [-0.2, 0) is 22.6 Å². The van der Waals surface area contributed by atoms with Crippen molar-refractivity contribution in [1.29, 1.82) is 0 Å². The van der Waals surface area contributed by atoms with Crippen LogP contribution >= 0.6 is 0 Å². The van der Waals surface area contributed by atoms with E-state index in [1.54, 1.807) is 0 Å². The van der Waals surface area contributed by atoms with Crippen LogP contribution in [0, 0.1) is 0 Å². The summed E-state index contributed by atoms with van der Waals surface area (Å²) in [5.41, 5.74) is 9.93. The normalized spacial score (nSPS) is 25.8. The van der Waals surface area contributed by atoms with Crippen molar-refractivity contribution in [1.82, 2.24) is 4.90 Å². The summed E-state index contributed by atoms with van der Waals surface area (Å²) in [5.74, 6) is 0. The van der Waals surface area contributed by atoms with Crippen molar-refractivity contribution in [2.75, 3.05) is 19.6 Å². The maximum atomic E-state index is 9.33. The molecule has 29 heavy (non-hydrogen) atoms. The summed E-state index contributed by atoms with van der Waals surface area (Å²) in [7, 11) is 0. The van der Waals surface area contributed by atoms with Gasteiger partial charge in [-0.3, -0.25) is 0 Å². The number of benzene rings is 2. The fourth-order valence-electron chi connectivity index (χ4n) is 4.27. The predicted octanol–water partition coefficient (Wildman–Crippen LogP) is 3.67. The molecule has 3 unspecified atom stereocenters. The molecular formula is C24H32N2O3. The first-order valence-electron chi connectivity index (χ1n) is 10.8. The minimum absolute atomic E-state index is 0.0227. The molecule has 4 rings (SSSR count). The van der Waals surface area contributed by atoms with E-state index in [1.807, 2.05) is 24.3 Å². The fourth-order valence-corrected chi connectivity index (χ4v) is 4.27. The quantitative estimate of drug-likeness (QED) is 0.780. The molecule has 0 radical (unpaired) electrons. The Morgan fingerprint density at radius 1 is 0.862 bits per heavy atom. The maximum absolute atomic E-state index is 9.33. The summed E-state index contributed by atoms with van der Waals surface area (Å²) in [4.78, 5) is 2.53. The van der Waals surface area contributed by atoms with Crippen LogP contribution in [0.15, 0.2) is 48.5 Å². The molecule has 2 aliphatic heterocycles. The second-order valence-corrected chi connectivity index (χ2v) is 8.16. The van der Waals surface area contributed by atoms with E-state index < -0.39 is 0 Å². The lowest BCUT2D eigenvalue weighted by molar-refractivity contribution is -0.253. The van der Waals surface area contributed by atoms with Crippen molar-refractivity contribution in [2.24, 2.45) is 5.73 Å². The summed E-state index contributed by atoms with van der Waals surface area (Å²) >= 11 is 0. The molecule has 0 aliphatic carbocycles. The van der Waals surface area contributed by atoms with E-state index in [4.69, 9.17) is 15.2 Å². The van der Waals surface area contributed by atoms with Gasteiger partial charge in [-0.2, -0.15) is 0 Å². The molecule has 0 aromatic heterocycles. The van der Waals surface area contributed by atoms with Crippen LogP contribution < -0.4 is 5.73 Å². The first kappa shape index (κ1) is 20.5. The van der Waals surface area contributed by atoms with Crippen LogP contribution in [0.5, 0.6) is 0 Å². The van der Waals surface area contributed by atoms with Gasteiger partial charge in [0.05, 0.1) is 18.8 Å². The van der Waals surface area contributed by atoms with Gasteiger partial charge in [0.25, 0.3) is 0 Å². The highest BCUT2D eigenvalue weighted by Crippen LogP contribution is 2.38. The molecule has 2 aromatic rings. The van der Waals surface area contributed by atoms with Crippen LogP contribution in [0.3, 0.4) is 0 Å². The van der Waals surface area contributed by atoms with Crippen molar-refractivity contribution >= 4 is 0 Å². The van der Waals surface area contributed by atoms with Gasteiger partial charge in [-0.05, 0) is 42.6 Å². The van der Waals surface area contributed by atoms with Gasteiger partial charge in [-0.15, -0.1) is 0 Å². The lowest BCUT2D eigenvalue weighted by Gasteiger charge is -2.39. The van der Waals surface area contributed by atoms with Gasteiger partial charge in [-0.25, -0.2) is 0 Å². The van der Waals surface area contributed by atoms with Crippen LogP contribution in [-0.4, -0.2) is 35.7 Å². The number of rotatable bonds is 6. The Balaban J connectivity index is 1.53. The smallest absolute Gasteiger partial charge is 0.184 e. The highest BCUT2D eigenvalue weighted by atomic mass is 16.7. The Kier molecular flexibility index (Phi) is 6.95. The van der Waals surface area contributed by atoms with E-state index in [9.17, 15) is 5.11 Å². The lowest BCUT2D eigenvalue weighted by atomic mass is 9.99. The zero-order valence-corrected chi connectivity index (χ0v) is 17.0. The number of nitrogens with zero attached hydrogens (tertiary/aromatic N) is 1. The maximum Gasteiger partial charge on any atom is 0.184 e. The minimum atomic E-state index is -0.382. The number of ether oxygens (including phenoxy) is 2. The molecule has 2 fully saturated rings. The van der Waals surface area contributed by atoms with Crippen molar-refractivity contribution in [3.05, 3.63) is 70.8 Å². The van der Waals surface area contributed by atoms with Gasteiger partial charge in [-0.1, -0.05) is 55.0 Å². The zero-order valence-electron chi connectivity index (χ0n) is 17.0. The first-order chi connectivity index (χ1) is 14.2. The van der Waals surface area contributed by atoms with Crippen molar-refractivity contribution < 1.29 is 14.6 Å². The number of hydrogen-bond acceptors (Lipinski definition) is 5. The summed E-state index contributed by atoms with van der Waals surface area (Å²) in [6.07, 6.45) is 4.45. The first-order valence-corrected chi connectivity index (χ1v) is 10.8. The molecule has 5 nitrogen and oxygen atoms in total. The summed E-state index contributed by atoms with van der Waals surface area (Å²) in [5, 5.41) is 9.33. The molecule has 2 saturated heterocycles. The molecule has 0 bridgehead atoms. The van der Waals surface area contributed by atoms with Crippen molar-refractivity contribution in [3.63, 3.8) is 0 Å². The van der Waals surface area contributed by atoms with Crippen molar-refractivity contribution in [3.8, 4) is 0 Å². The highest BCUT2D eigenvalue weighted by molar-refractivity contribution is 5.26. The molecule has 156 valence electrons. The number of hydrogen-bond donors (Lipinski definition) is 2. The Morgan fingerprint density at radius 2 is 1.52 bits per heavy atom. The topological polar surface area (TPSA) is 68.0 Å². The van der Waals surface area contributed by atoms with E-state index in [0.717, 1.165) is 48.3 Å².